The Labute approximate surface area is 117 Å². The minimum Gasteiger partial charge on any atom is -0.399 e. The molecule has 0 amide bonds. The lowest BCUT2D eigenvalue weighted by atomic mass is 9.80. The van der Waals surface area contributed by atoms with E-state index in [1.54, 1.807) is 10.7 Å². The minimum absolute atomic E-state index is 0.339. The van der Waals surface area contributed by atoms with Gasteiger partial charge < -0.3 is 9.31 Å². The first-order chi connectivity index (χ1) is 8.80. The molecule has 0 spiro atoms. The zero-order valence-electron chi connectivity index (χ0n) is 11.5. The van der Waals surface area contributed by atoms with Gasteiger partial charge in [-0.3, -0.25) is 0 Å². The summed E-state index contributed by atoms with van der Waals surface area (Å²) in [6.07, 6.45) is 3.52. The molecule has 0 aromatic carbocycles. The van der Waals surface area contributed by atoms with Gasteiger partial charge in [0.1, 0.15) is 0 Å². The molecule has 0 bridgehead atoms. The van der Waals surface area contributed by atoms with Crippen LogP contribution in [0.15, 0.2) is 24.5 Å². The van der Waals surface area contributed by atoms with Crippen LogP contribution in [0.5, 0.6) is 0 Å². The zero-order chi connectivity index (χ0) is 13.8. The Bertz CT molecular complexity index is 623. The van der Waals surface area contributed by atoms with Crippen LogP contribution >= 0.6 is 11.6 Å². The van der Waals surface area contributed by atoms with Crippen molar-refractivity contribution in [3.8, 4) is 0 Å². The summed E-state index contributed by atoms with van der Waals surface area (Å²) >= 11 is 6.03. The van der Waals surface area contributed by atoms with Gasteiger partial charge in [0.25, 0.3) is 0 Å². The van der Waals surface area contributed by atoms with E-state index in [0.29, 0.717) is 5.02 Å². The number of pyridine rings is 1. The molecule has 0 unspecified atom stereocenters. The number of fused-ring (bicyclic) bond motifs is 1. The molecule has 0 N–H and O–H groups in total. The minimum atomic E-state index is -0.377. The maximum absolute atomic E-state index is 6.03. The van der Waals surface area contributed by atoms with Crippen molar-refractivity contribution in [1.29, 1.82) is 0 Å². The van der Waals surface area contributed by atoms with Gasteiger partial charge in [0.05, 0.1) is 27.9 Å². The maximum atomic E-state index is 6.03. The molecule has 2 aromatic heterocycles. The van der Waals surface area contributed by atoms with Crippen LogP contribution in [0.25, 0.3) is 5.52 Å². The molecule has 1 saturated heterocycles. The molecule has 0 saturated carbocycles. The van der Waals surface area contributed by atoms with E-state index in [4.69, 9.17) is 20.9 Å². The zero-order valence-corrected chi connectivity index (χ0v) is 12.2. The van der Waals surface area contributed by atoms with Crippen LogP contribution in [0.4, 0.5) is 0 Å². The summed E-state index contributed by atoms with van der Waals surface area (Å²) in [5, 5.41) is 4.84. The van der Waals surface area contributed by atoms with Crippen molar-refractivity contribution < 1.29 is 9.31 Å². The fourth-order valence-corrected chi connectivity index (χ4v) is 2.28. The predicted molar refractivity (Wildman–Crippen MR) is 75.9 cm³/mol. The van der Waals surface area contributed by atoms with Crippen molar-refractivity contribution in [2.24, 2.45) is 0 Å². The second-order valence-corrected chi connectivity index (χ2v) is 6.28. The third kappa shape index (κ3) is 1.97. The first-order valence-electron chi connectivity index (χ1n) is 6.29. The second kappa shape index (κ2) is 3.98. The van der Waals surface area contributed by atoms with E-state index in [9.17, 15) is 0 Å². The summed E-state index contributed by atoms with van der Waals surface area (Å²) in [4.78, 5) is 0. The lowest BCUT2D eigenvalue weighted by Gasteiger charge is -2.32. The largest absolute Gasteiger partial charge is 0.496 e. The molecule has 0 radical (unpaired) electrons. The number of hydrogen-bond donors (Lipinski definition) is 0. The molecule has 1 aliphatic heterocycles. The molecule has 4 nitrogen and oxygen atoms in total. The molecule has 6 heteroatoms. The summed E-state index contributed by atoms with van der Waals surface area (Å²) in [7, 11) is -0.377. The van der Waals surface area contributed by atoms with Crippen LogP contribution in [0.3, 0.4) is 0 Å². The van der Waals surface area contributed by atoms with Gasteiger partial charge in [0.2, 0.25) is 0 Å². The van der Waals surface area contributed by atoms with Crippen molar-refractivity contribution in [2.75, 3.05) is 0 Å². The number of aromatic nitrogens is 2. The van der Waals surface area contributed by atoms with Crippen LogP contribution in [-0.2, 0) is 9.31 Å². The van der Waals surface area contributed by atoms with E-state index in [1.807, 2.05) is 46.0 Å². The highest BCUT2D eigenvalue weighted by molar-refractivity contribution is 6.62. The SMILES string of the molecule is CC1(C)OB(c2ccc3c(Cl)cnn3c2)OC1(C)C. The molecule has 1 fully saturated rings. The first kappa shape index (κ1) is 13.0. The third-order valence-electron chi connectivity index (χ3n) is 4.02. The van der Waals surface area contributed by atoms with Gasteiger partial charge in [0.15, 0.2) is 0 Å². The molecule has 2 aromatic rings. The molecule has 100 valence electrons. The lowest BCUT2D eigenvalue weighted by molar-refractivity contribution is 0.00578. The summed E-state index contributed by atoms with van der Waals surface area (Å²) in [5.74, 6) is 0. The number of halogens is 1. The highest BCUT2D eigenvalue weighted by Gasteiger charge is 2.51. The Morgan fingerprint density at radius 2 is 1.79 bits per heavy atom. The van der Waals surface area contributed by atoms with Gasteiger partial charge in [-0.25, -0.2) is 4.52 Å². The average molecular weight is 279 g/mol. The Morgan fingerprint density at radius 1 is 1.16 bits per heavy atom. The fraction of sp³-hybridized carbons (Fsp3) is 0.462. The molecule has 19 heavy (non-hydrogen) atoms. The molecule has 0 aliphatic carbocycles. The first-order valence-corrected chi connectivity index (χ1v) is 6.66. The summed E-state index contributed by atoms with van der Waals surface area (Å²) in [6, 6.07) is 3.89. The van der Waals surface area contributed by atoms with Crippen molar-refractivity contribution in [1.82, 2.24) is 9.61 Å². The summed E-state index contributed by atoms with van der Waals surface area (Å²) < 4.78 is 13.8. The van der Waals surface area contributed by atoms with Crippen LogP contribution in [0.1, 0.15) is 27.7 Å². The average Bonchev–Trinajstić information content (AvgIpc) is 2.78. The molecule has 0 atom stereocenters. The van der Waals surface area contributed by atoms with Crippen LogP contribution in [0, 0.1) is 0 Å². The smallest absolute Gasteiger partial charge is 0.399 e. The van der Waals surface area contributed by atoms with Gasteiger partial charge >= 0.3 is 7.12 Å². The van der Waals surface area contributed by atoms with Gasteiger partial charge in [0, 0.05) is 11.7 Å². The van der Waals surface area contributed by atoms with E-state index in [1.165, 1.54) is 0 Å². The van der Waals surface area contributed by atoms with E-state index in [-0.39, 0.29) is 18.3 Å². The van der Waals surface area contributed by atoms with Crippen molar-refractivity contribution in [3.05, 3.63) is 29.5 Å². The Balaban J connectivity index is 1.98. The lowest BCUT2D eigenvalue weighted by Crippen LogP contribution is -2.41. The van der Waals surface area contributed by atoms with Gasteiger partial charge in [-0.1, -0.05) is 17.7 Å². The van der Waals surface area contributed by atoms with Crippen molar-refractivity contribution in [2.45, 2.75) is 38.9 Å². The number of rotatable bonds is 1. The predicted octanol–water partition coefficient (Wildman–Crippen LogP) is 2.29. The monoisotopic (exact) mass is 278 g/mol. The Hall–Kier alpha value is -1.04. The topological polar surface area (TPSA) is 35.8 Å². The Morgan fingerprint density at radius 3 is 2.42 bits per heavy atom. The van der Waals surface area contributed by atoms with Crippen LogP contribution < -0.4 is 5.46 Å². The fourth-order valence-electron chi connectivity index (χ4n) is 2.09. The summed E-state index contributed by atoms with van der Waals surface area (Å²) in [6.45, 7) is 8.15. The molecular formula is C13H16BClN2O2. The van der Waals surface area contributed by atoms with Gasteiger partial charge in [-0.15, -0.1) is 0 Å². The molecular weight excluding hydrogens is 262 g/mol. The molecule has 3 rings (SSSR count). The van der Waals surface area contributed by atoms with Crippen LogP contribution in [-0.4, -0.2) is 27.9 Å². The van der Waals surface area contributed by atoms with E-state index in [0.717, 1.165) is 11.0 Å². The quantitative estimate of drug-likeness (QED) is 0.751. The normalized spacial score (nSPS) is 21.2. The highest BCUT2D eigenvalue weighted by atomic mass is 35.5. The Kier molecular flexibility index (Phi) is 2.72. The second-order valence-electron chi connectivity index (χ2n) is 5.87. The molecule has 1 aliphatic rings. The third-order valence-corrected chi connectivity index (χ3v) is 4.31. The van der Waals surface area contributed by atoms with E-state index in [2.05, 4.69) is 5.10 Å². The van der Waals surface area contributed by atoms with Crippen molar-refractivity contribution >= 4 is 29.7 Å². The van der Waals surface area contributed by atoms with Gasteiger partial charge in [-0.05, 0) is 33.8 Å². The molecule has 3 heterocycles. The van der Waals surface area contributed by atoms with E-state index >= 15 is 0 Å². The number of hydrogen-bond acceptors (Lipinski definition) is 3. The van der Waals surface area contributed by atoms with E-state index < -0.39 is 0 Å². The summed E-state index contributed by atoms with van der Waals surface area (Å²) in [5.41, 5.74) is 1.14. The highest BCUT2D eigenvalue weighted by Crippen LogP contribution is 2.36. The van der Waals surface area contributed by atoms with Gasteiger partial charge in [-0.2, -0.15) is 5.10 Å². The maximum Gasteiger partial charge on any atom is 0.496 e. The standard InChI is InChI=1S/C13H16BClN2O2/c1-12(2)13(3,4)19-14(18-12)9-5-6-11-10(15)7-16-17(11)8-9/h5-8H,1-4H3. The van der Waals surface area contributed by atoms with Crippen LogP contribution in [0.2, 0.25) is 5.02 Å². The number of nitrogens with zero attached hydrogens (tertiary/aromatic N) is 2. The van der Waals surface area contributed by atoms with Crippen molar-refractivity contribution in [3.63, 3.8) is 0 Å².